The number of carbonyl (C=O) groups is 2. The molecule has 0 aliphatic carbocycles. The summed E-state index contributed by atoms with van der Waals surface area (Å²) in [4.78, 5) is 18.3. The lowest BCUT2D eigenvalue weighted by atomic mass is 10.3. The van der Waals surface area contributed by atoms with E-state index in [1.165, 1.54) is 24.3 Å². The Morgan fingerprint density at radius 3 is 1.69 bits per heavy atom. The van der Waals surface area contributed by atoms with Crippen molar-refractivity contribution in [2.24, 2.45) is 0 Å². The largest absolute Gasteiger partial charge is 0.503 e. The molecule has 96 valence electrons. The van der Waals surface area contributed by atoms with Crippen molar-refractivity contribution in [2.75, 3.05) is 11.5 Å². The minimum Gasteiger partial charge on any atom is -0.481 e. The van der Waals surface area contributed by atoms with Crippen LogP contribution in [0.25, 0.3) is 0 Å². The molecule has 1 saturated heterocycles. The second kappa shape index (κ2) is 14.1. The predicted octanol–water partition coefficient (Wildman–Crippen LogP) is 3.00. The molecule has 1 heterocycles. The third kappa shape index (κ3) is 29.2. The average Bonchev–Trinajstić information content (AvgIpc) is 2.71. The molecular formula is C10H20O5S. The molecule has 1 aliphatic rings. The predicted molar refractivity (Wildman–Crippen MR) is 64.4 cm³/mol. The van der Waals surface area contributed by atoms with E-state index >= 15 is 0 Å². The third-order valence-corrected chi connectivity index (χ3v) is 2.73. The number of hydrogen-bond acceptors (Lipinski definition) is 3. The van der Waals surface area contributed by atoms with E-state index in [4.69, 9.17) is 20.1 Å². The van der Waals surface area contributed by atoms with E-state index in [-0.39, 0.29) is 0 Å². The number of aliphatic carboxylic acids is 1. The molecule has 0 aromatic carbocycles. The summed E-state index contributed by atoms with van der Waals surface area (Å²) in [5, 5.41) is 22.0. The lowest BCUT2D eigenvalue weighted by Crippen LogP contribution is -1.91. The van der Waals surface area contributed by atoms with Crippen LogP contribution < -0.4 is 0 Å². The van der Waals surface area contributed by atoms with E-state index in [0.717, 1.165) is 12.8 Å². The Bertz CT molecular complexity index is 168. The number of hydrogen-bond donors (Lipinski definition) is 3. The van der Waals surface area contributed by atoms with E-state index in [0.29, 0.717) is 6.42 Å². The van der Waals surface area contributed by atoms with Crippen LogP contribution in [-0.4, -0.2) is 38.9 Å². The molecule has 0 radical (unpaired) electrons. The molecule has 0 aromatic rings. The van der Waals surface area contributed by atoms with Crippen molar-refractivity contribution in [3.63, 3.8) is 0 Å². The zero-order valence-corrected chi connectivity index (χ0v) is 10.3. The van der Waals surface area contributed by atoms with Crippen molar-refractivity contribution in [3.05, 3.63) is 0 Å². The van der Waals surface area contributed by atoms with E-state index in [1.54, 1.807) is 0 Å². The lowest BCUT2D eigenvalue weighted by molar-refractivity contribution is -0.137. The van der Waals surface area contributed by atoms with Gasteiger partial charge in [-0.25, -0.2) is 4.79 Å². The third-order valence-electron chi connectivity index (χ3n) is 1.57. The van der Waals surface area contributed by atoms with Gasteiger partial charge >= 0.3 is 12.1 Å². The van der Waals surface area contributed by atoms with E-state index in [9.17, 15) is 4.79 Å². The second-order valence-electron chi connectivity index (χ2n) is 3.10. The van der Waals surface area contributed by atoms with E-state index < -0.39 is 12.1 Å². The molecule has 1 fully saturated rings. The fourth-order valence-corrected chi connectivity index (χ4v) is 1.86. The molecule has 1 rings (SSSR count). The zero-order valence-electron chi connectivity index (χ0n) is 9.52. The van der Waals surface area contributed by atoms with Crippen LogP contribution in [0, 0.1) is 0 Å². The van der Waals surface area contributed by atoms with Gasteiger partial charge in [0.2, 0.25) is 0 Å². The van der Waals surface area contributed by atoms with Crippen LogP contribution in [0.15, 0.2) is 0 Å². The van der Waals surface area contributed by atoms with Crippen LogP contribution in [0.5, 0.6) is 0 Å². The first-order valence-corrected chi connectivity index (χ1v) is 6.37. The van der Waals surface area contributed by atoms with Gasteiger partial charge in [0, 0.05) is 6.42 Å². The molecule has 6 heteroatoms. The SMILES string of the molecule is C1CCSC1.CCCCC(=O)O.O=C(O)O. The van der Waals surface area contributed by atoms with Gasteiger partial charge in [-0.2, -0.15) is 11.8 Å². The molecule has 0 saturated carbocycles. The second-order valence-corrected chi connectivity index (χ2v) is 4.32. The number of carboxylic acid groups (broad SMARTS) is 3. The van der Waals surface area contributed by atoms with Gasteiger partial charge in [0.1, 0.15) is 0 Å². The van der Waals surface area contributed by atoms with E-state index in [1.807, 2.05) is 6.92 Å². The van der Waals surface area contributed by atoms with Crippen molar-refractivity contribution in [1.82, 2.24) is 0 Å². The molecule has 0 aromatic heterocycles. The van der Waals surface area contributed by atoms with Gasteiger partial charge in [-0.15, -0.1) is 0 Å². The Morgan fingerprint density at radius 1 is 1.12 bits per heavy atom. The van der Waals surface area contributed by atoms with Gasteiger partial charge in [0.15, 0.2) is 0 Å². The maximum absolute atomic E-state index is 9.76. The highest BCUT2D eigenvalue weighted by molar-refractivity contribution is 7.99. The molecule has 0 spiro atoms. The standard InChI is InChI=1S/C5H10O2.C4H8S.CH2O3/c1-2-3-4-5(6)7;1-2-4-5-3-1;2-1(3)4/h2-4H2,1H3,(H,6,7);1-4H2;(H2,2,3,4). The summed E-state index contributed by atoms with van der Waals surface area (Å²) in [6.45, 7) is 1.98. The maximum Gasteiger partial charge on any atom is 0.503 e. The fourth-order valence-electron chi connectivity index (χ4n) is 0.838. The van der Waals surface area contributed by atoms with Crippen LogP contribution >= 0.6 is 11.8 Å². The topological polar surface area (TPSA) is 94.8 Å². The van der Waals surface area contributed by atoms with Gasteiger partial charge < -0.3 is 15.3 Å². The van der Waals surface area contributed by atoms with Crippen LogP contribution in [0.4, 0.5) is 4.79 Å². The highest BCUT2D eigenvalue weighted by atomic mass is 32.2. The Labute approximate surface area is 99.9 Å². The van der Waals surface area contributed by atoms with Crippen LogP contribution in [0.3, 0.4) is 0 Å². The van der Waals surface area contributed by atoms with Crippen molar-refractivity contribution in [3.8, 4) is 0 Å². The average molecular weight is 252 g/mol. The van der Waals surface area contributed by atoms with Crippen molar-refractivity contribution in [1.29, 1.82) is 0 Å². The number of unbranched alkanes of at least 4 members (excludes halogenated alkanes) is 1. The molecule has 16 heavy (non-hydrogen) atoms. The first kappa shape index (κ1) is 17.5. The Balaban J connectivity index is 0. The van der Waals surface area contributed by atoms with Crippen molar-refractivity contribution >= 4 is 23.9 Å². The summed E-state index contributed by atoms with van der Waals surface area (Å²) >= 11 is 2.07. The molecular weight excluding hydrogens is 232 g/mol. The minimum atomic E-state index is -1.83. The van der Waals surface area contributed by atoms with Gasteiger partial charge in [0.05, 0.1) is 0 Å². The molecule has 5 nitrogen and oxygen atoms in total. The molecule has 0 unspecified atom stereocenters. The number of rotatable bonds is 3. The highest BCUT2D eigenvalue weighted by Crippen LogP contribution is 2.14. The summed E-state index contributed by atoms with van der Waals surface area (Å²) in [5.74, 6) is 2.14. The zero-order chi connectivity index (χ0) is 12.8. The number of thioether (sulfide) groups is 1. The molecule has 1 aliphatic heterocycles. The summed E-state index contributed by atoms with van der Waals surface area (Å²) in [5.41, 5.74) is 0. The quantitative estimate of drug-likeness (QED) is 0.714. The van der Waals surface area contributed by atoms with Crippen molar-refractivity contribution < 1.29 is 24.9 Å². The van der Waals surface area contributed by atoms with Crippen molar-refractivity contribution in [2.45, 2.75) is 39.0 Å². The van der Waals surface area contributed by atoms with Crippen LogP contribution in [-0.2, 0) is 4.79 Å². The highest BCUT2D eigenvalue weighted by Gasteiger charge is 1.95. The minimum absolute atomic E-state index is 0.316. The van der Waals surface area contributed by atoms with Crippen LogP contribution in [0.1, 0.15) is 39.0 Å². The smallest absolute Gasteiger partial charge is 0.481 e. The van der Waals surface area contributed by atoms with Gasteiger partial charge in [-0.3, -0.25) is 4.79 Å². The van der Waals surface area contributed by atoms with Gasteiger partial charge in [0.25, 0.3) is 0 Å². The van der Waals surface area contributed by atoms with Crippen LogP contribution in [0.2, 0.25) is 0 Å². The first-order chi connectivity index (χ1) is 7.50. The summed E-state index contributed by atoms with van der Waals surface area (Å²) < 4.78 is 0. The lowest BCUT2D eigenvalue weighted by Gasteiger charge is -1.85. The van der Waals surface area contributed by atoms with Gasteiger partial charge in [-0.05, 0) is 30.8 Å². The van der Waals surface area contributed by atoms with Gasteiger partial charge in [-0.1, -0.05) is 13.3 Å². The Morgan fingerprint density at radius 2 is 1.56 bits per heavy atom. The molecule has 0 amide bonds. The Hall–Kier alpha value is -0.910. The summed E-state index contributed by atoms with van der Waals surface area (Å²) in [6, 6.07) is 0. The normalized spacial score (nSPS) is 12.8. The maximum atomic E-state index is 9.76. The summed E-state index contributed by atoms with van der Waals surface area (Å²) in [6.07, 6.45) is 3.17. The fraction of sp³-hybridized carbons (Fsp3) is 0.800. The Kier molecular flexibility index (Phi) is 15.4. The van der Waals surface area contributed by atoms with E-state index in [2.05, 4.69) is 11.8 Å². The molecule has 0 bridgehead atoms. The first-order valence-electron chi connectivity index (χ1n) is 5.22. The molecule has 0 atom stereocenters. The monoisotopic (exact) mass is 252 g/mol. The number of carboxylic acids is 1. The summed E-state index contributed by atoms with van der Waals surface area (Å²) in [7, 11) is 0. The molecule has 3 N–H and O–H groups in total.